The van der Waals surface area contributed by atoms with Gasteiger partial charge >= 0.3 is 0 Å². The number of fused-ring (bicyclic) bond motifs is 3. The van der Waals surface area contributed by atoms with Crippen LogP contribution in [0.15, 0.2) is 109 Å². The molecule has 3 N–H and O–H groups in total. The molecule has 1 aliphatic rings. The van der Waals surface area contributed by atoms with Crippen molar-refractivity contribution in [2.24, 2.45) is 0 Å². The first-order chi connectivity index (χ1) is 20.0. The molecule has 0 saturated carbocycles. The summed E-state index contributed by atoms with van der Waals surface area (Å²) in [6.07, 6.45) is 6.35. The molecule has 6 rings (SSSR count). The van der Waals surface area contributed by atoms with E-state index in [9.17, 15) is 15.3 Å². The number of rotatable bonds is 8. The summed E-state index contributed by atoms with van der Waals surface area (Å²) in [7, 11) is 0. The van der Waals surface area contributed by atoms with Crippen LogP contribution in [-0.4, -0.2) is 32.6 Å². The molecule has 206 valence electrons. The van der Waals surface area contributed by atoms with Crippen LogP contribution < -0.4 is 0 Å². The highest BCUT2D eigenvalue weighted by Crippen LogP contribution is 2.41. The number of aromatic nitrogens is 1. The van der Waals surface area contributed by atoms with Crippen LogP contribution in [0.1, 0.15) is 29.7 Å². The van der Waals surface area contributed by atoms with Crippen LogP contribution in [-0.2, 0) is 6.42 Å². The van der Waals surface area contributed by atoms with Crippen molar-refractivity contribution in [3.8, 4) is 5.69 Å². The number of hydrogen-bond acceptors (Lipinski definition) is 3. The van der Waals surface area contributed by atoms with Crippen LogP contribution in [0.3, 0.4) is 0 Å². The van der Waals surface area contributed by atoms with Crippen molar-refractivity contribution in [1.29, 1.82) is 0 Å². The summed E-state index contributed by atoms with van der Waals surface area (Å²) in [5, 5.41) is 34.6. The smallest absolute Gasteiger partial charge is 0.107 e. The van der Waals surface area contributed by atoms with Crippen molar-refractivity contribution in [3.05, 3.63) is 136 Å². The Balaban J connectivity index is 1.40. The molecule has 4 nitrogen and oxygen atoms in total. The zero-order chi connectivity index (χ0) is 28.5. The van der Waals surface area contributed by atoms with Gasteiger partial charge in [0, 0.05) is 26.7 Å². The maximum Gasteiger partial charge on any atom is 0.107 e. The molecule has 1 aliphatic carbocycles. The molecule has 0 radical (unpaired) electrons. The van der Waals surface area contributed by atoms with Gasteiger partial charge in [-0.25, -0.2) is 0 Å². The monoisotopic (exact) mass is 581 g/mol. The zero-order valence-corrected chi connectivity index (χ0v) is 23.8. The molecule has 41 heavy (non-hydrogen) atoms. The molecule has 0 bridgehead atoms. The van der Waals surface area contributed by atoms with Crippen molar-refractivity contribution in [1.82, 2.24) is 4.57 Å². The molecule has 1 atom stereocenters. The van der Waals surface area contributed by atoms with Gasteiger partial charge in [0.05, 0.1) is 24.1 Å². The highest BCUT2D eigenvalue weighted by Gasteiger charge is 2.28. The minimum atomic E-state index is -0.859. The van der Waals surface area contributed by atoms with Gasteiger partial charge in [-0.15, -0.1) is 0 Å². The standard InChI is InChI=1S/C35H29Cl2NO3/c36-25-11-14-28(32(37)18-25)29-15-16-30(35(29)41)34-19-31-27-7-2-1-6-24(27)10-17-33(31)38(34)26-12-8-22(9-13-26)4-3-5-23(20-39)21-40/h1-2,6-20,35,39-41H,3-5,21H2/b23-20+. The highest BCUT2D eigenvalue weighted by atomic mass is 35.5. The van der Waals surface area contributed by atoms with Crippen LogP contribution in [0.4, 0.5) is 0 Å². The highest BCUT2D eigenvalue weighted by molar-refractivity contribution is 6.35. The summed E-state index contributed by atoms with van der Waals surface area (Å²) in [6, 6.07) is 28.5. The van der Waals surface area contributed by atoms with E-state index in [1.54, 1.807) is 12.1 Å². The molecule has 1 heterocycles. The number of halogens is 2. The molecule has 0 spiro atoms. The molecule has 1 aromatic heterocycles. The SMILES string of the molecule is O/C=C(/CO)CCCc1ccc(-n2c(C3=CC=C(c4ccc(Cl)cc4Cl)C3O)cc3c4ccccc4ccc32)cc1. The van der Waals surface area contributed by atoms with E-state index in [4.69, 9.17) is 23.2 Å². The van der Waals surface area contributed by atoms with E-state index in [1.807, 2.05) is 30.4 Å². The lowest BCUT2D eigenvalue weighted by molar-refractivity contribution is 0.290. The van der Waals surface area contributed by atoms with Gasteiger partial charge in [0.15, 0.2) is 0 Å². The molecule has 0 aliphatic heterocycles. The van der Waals surface area contributed by atoms with Gasteiger partial charge in [-0.2, -0.15) is 0 Å². The van der Waals surface area contributed by atoms with Crippen molar-refractivity contribution < 1.29 is 15.3 Å². The van der Waals surface area contributed by atoms with E-state index in [-0.39, 0.29) is 6.61 Å². The summed E-state index contributed by atoms with van der Waals surface area (Å²) in [4.78, 5) is 0. The lowest BCUT2D eigenvalue weighted by Gasteiger charge is -2.18. The largest absolute Gasteiger partial charge is 0.516 e. The van der Waals surface area contributed by atoms with E-state index in [0.29, 0.717) is 22.0 Å². The average molecular weight is 583 g/mol. The zero-order valence-electron chi connectivity index (χ0n) is 22.3. The summed E-state index contributed by atoms with van der Waals surface area (Å²) >= 11 is 12.6. The number of aliphatic hydroxyl groups is 3. The second-order valence-electron chi connectivity index (χ2n) is 10.3. The Morgan fingerprint density at radius 1 is 0.854 bits per heavy atom. The van der Waals surface area contributed by atoms with E-state index in [1.165, 1.54) is 5.56 Å². The Morgan fingerprint density at radius 2 is 1.63 bits per heavy atom. The number of hydrogen-bond donors (Lipinski definition) is 3. The van der Waals surface area contributed by atoms with Crippen molar-refractivity contribution >= 4 is 56.0 Å². The predicted octanol–water partition coefficient (Wildman–Crippen LogP) is 8.69. The number of aryl methyl sites for hydroxylation is 1. The van der Waals surface area contributed by atoms with Gasteiger partial charge in [-0.1, -0.05) is 83.9 Å². The van der Waals surface area contributed by atoms with Gasteiger partial charge in [0.25, 0.3) is 0 Å². The summed E-state index contributed by atoms with van der Waals surface area (Å²) in [5.41, 5.74) is 7.05. The summed E-state index contributed by atoms with van der Waals surface area (Å²) in [5.74, 6) is 0. The van der Waals surface area contributed by atoms with E-state index in [0.717, 1.165) is 68.9 Å². The number of allylic oxidation sites excluding steroid dienone is 2. The molecule has 4 aromatic carbocycles. The number of nitrogens with zero attached hydrogens (tertiary/aromatic N) is 1. The third-order valence-electron chi connectivity index (χ3n) is 7.82. The molecule has 0 amide bonds. The Bertz CT molecular complexity index is 1850. The molecule has 0 fully saturated rings. The number of aliphatic hydroxyl groups excluding tert-OH is 3. The fourth-order valence-electron chi connectivity index (χ4n) is 5.68. The number of benzene rings is 4. The van der Waals surface area contributed by atoms with Crippen molar-refractivity contribution in [2.45, 2.75) is 25.4 Å². The van der Waals surface area contributed by atoms with E-state index in [2.05, 4.69) is 59.2 Å². The maximum absolute atomic E-state index is 11.6. The fraction of sp³-hybridized carbons (Fsp3) is 0.143. The normalized spacial score (nSPS) is 15.5. The summed E-state index contributed by atoms with van der Waals surface area (Å²) < 4.78 is 2.21. The molecular weight excluding hydrogens is 553 g/mol. The van der Waals surface area contributed by atoms with Crippen LogP contribution in [0, 0.1) is 0 Å². The Morgan fingerprint density at radius 3 is 2.39 bits per heavy atom. The van der Waals surface area contributed by atoms with Crippen molar-refractivity contribution in [2.75, 3.05) is 6.61 Å². The topological polar surface area (TPSA) is 65.6 Å². The van der Waals surface area contributed by atoms with Crippen molar-refractivity contribution in [3.63, 3.8) is 0 Å². The lowest BCUT2D eigenvalue weighted by atomic mass is 9.98. The first kappa shape index (κ1) is 27.4. The molecule has 6 heteroatoms. The second-order valence-corrected chi connectivity index (χ2v) is 11.2. The van der Waals surface area contributed by atoms with Crippen LogP contribution in [0.5, 0.6) is 0 Å². The van der Waals surface area contributed by atoms with Gasteiger partial charge in [-0.05, 0) is 88.7 Å². The Kier molecular flexibility index (Phi) is 7.74. The van der Waals surface area contributed by atoms with Crippen LogP contribution in [0.2, 0.25) is 10.0 Å². The third-order valence-corrected chi connectivity index (χ3v) is 8.37. The van der Waals surface area contributed by atoms with E-state index < -0.39 is 6.10 Å². The molecular formula is C35H29Cl2NO3. The predicted molar refractivity (Wildman–Crippen MR) is 170 cm³/mol. The lowest BCUT2D eigenvalue weighted by Crippen LogP contribution is -2.12. The Hall–Kier alpha value is -3.80. The van der Waals surface area contributed by atoms with Gasteiger partial charge in [0.1, 0.15) is 6.10 Å². The molecule has 0 saturated heterocycles. The van der Waals surface area contributed by atoms with Gasteiger partial charge < -0.3 is 19.9 Å². The van der Waals surface area contributed by atoms with E-state index >= 15 is 0 Å². The van der Waals surface area contributed by atoms with Gasteiger partial charge in [0.2, 0.25) is 0 Å². The maximum atomic E-state index is 11.6. The minimum absolute atomic E-state index is 0.129. The van der Waals surface area contributed by atoms with Gasteiger partial charge in [-0.3, -0.25) is 0 Å². The second kappa shape index (κ2) is 11.6. The minimum Gasteiger partial charge on any atom is -0.516 e. The molecule has 5 aromatic rings. The van der Waals surface area contributed by atoms with Crippen LogP contribution >= 0.6 is 23.2 Å². The average Bonchev–Trinajstić information content (AvgIpc) is 3.56. The molecule has 1 unspecified atom stereocenters. The van der Waals surface area contributed by atoms with Crippen LogP contribution in [0.25, 0.3) is 38.5 Å². The third kappa shape index (κ3) is 5.20. The Labute approximate surface area is 248 Å². The fourth-order valence-corrected chi connectivity index (χ4v) is 6.20. The summed E-state index contributed by atoms with van der Waals surface area (Å²) in [6.45, 7) is -0.129. The first-order valence-electron chi connectivity index (χ1n) is 13.6. The quantitative estimate of drug-likeness (QED) is 0.160. The first-order valence-corrected chi connectivity index (χ1v) is 14.3.